The van der Waals surface area contributed by atoms with E-state index >= 15 is 0 Å². The van der Waals surface area contributed by atoms with E-state index in [0.29, 0.717) is 45.0 Å². The summed E-state index contributed by atoms with van der Waals surface area (Å²) < 4.78 is 5.07. The van der Waals surface area contributed by atoms with Crippen LogP contribution in [0.2, 0.25) is 0 Å². The van der Waals surface area contributed by atoms with E-state index in [1.807, 2.05) is 24.3 Å². The Hall–Kier alpha value is -2.90. The van der Waals surface area contributed by atoms with Gasteiger partial charge in [-0.1, -0.05) is 26.0 Å². The molecule has 0 radical (unpaired) electrons. The number of carbonyl (C=O) groups excluding carboxylic acids is 4. The van der Waals surface area contributed by atoms with Crippen molar-refractivity contribution in [2.45, 2.75) is 46.0 Å². The van der Waals surface area contributed by atoms with Crippen molar-refractivity contribution in [2.24, 2.45) is 11.8 Å². The van der Waals surface area contributed by atoms with Crippen LogP contribution < -0.4 is 4.90 Å². The number of likely N-dealkylation sites (N-methyl/N-ethyl adjacent to an activating group) is 1. The number of esters is 1. The fourth-order valence-electron chi connectivity index (χ4n) is 4.49. The second-order valence-electron chi connectivity index (χ2n) is 9.26. The number of nitrogens with zero attached hydrogens (tertiary/aromatic N) is 3. The maximum atomic E-state index is 13.0. The third kappa shape index (κ3) is 5.92. The molecule has 1 aromatic carbocycles. The number of rotatable bonds is 7. The van der Waals surface area contributed by atoms with Gasteiger partial charge in [0.05, 0.1) is 25.0 Å². The molecule has 2 saturated heterocycles. The van der Waals surface area contributed by atoms with Crippen LogP contribution in [-0.2, 0) is 23.9 Å². The van der Waals surface area contributed by atoms with Crippen LogP contribution in [0.25, 0.3) is 0 Å². The summed E-state index contributed by atoms with van der Waals surface area (Å²) >= 11 is 0. The summed E-state index contributed by atoms with van der Waals surface area (Å²) in [6.45, 7) is 7.58. The molecule has 0 spiro atoms. The van der Waals surface area contributed by atoms with Crippen LogP contribution in [0.15, 0.2) is 24.3 Å². The van der Waals surface area contributed by atoms with Gasteiger partial charge in [-0.25, -0.2) is 0 Å². The van der Waals surface area contributed by atoms with Crippen LogP contribution >= 0.6 is 0 Å². The Morgan fingerprint density at radius 3 is 2.48 bits per heavy atom. The Bertz CT molecular complexity index is 892. The van der Waals surface area contributed by atoms with Crippen molar-refractivity contribution in [3.05, 3.63) is 29.8 Å². The first kappa shape index (κ1) is 24.7. The molecule has 1 unspecified atom stereocenters. The Labute approximate surface area is 195 Å². The molecule has 2 aliphatic rings. The van der Waals surface area contributed by atoms with E-state index in [9.17, 15) is 19.2 Å². The lowest BCUT2D eigenvalue weighted by Crippen LogP contribution is -2.46. The molecule has 2 heterocycles. The lowest BCUT2D eigenvalue weighted by molar-refractivity contribution is -0.151. The largest absolute Gasteiger partial charge is 0.466 e. The number of amides is 3. The van der Waals surface area contributed by atoms with Gasteiger partial charge in [0, 0.05) is 38.8 Å². The molecule has 0 aliphatic carbocycles. The minimum atomic E-state index is -0.465. The predicted octanol–water partition coefficient (Wildman–Crippen LogP) is 2.42. The fourth-order valence-corrected chi connectivity index (χ4v) is 4.49. The molecule has 0 N–H and O–H groups in total. The zero-order valence-electron chi connectivity index (χ0n) is 20.1. The molecule has 2 fully saturated rings. The molecule has 0 saturated carbocycles. The average Bonchev–Trinajstić information content (AvgIpc) is 3.20. The van der Waals surface area contributed by atoms with E-state index in [0.717, 1.165) is 11.3 Å². The van der Waals surface area contributed by atoms with Gasteiger partial charge in [-0.15, -0.1) is 0 Å². The number of ether oxygens (including phenoxy) is 1. The summed E-state index contributed by atoms with van der Waals surface area (Å²) in [5.41, 5.74) is 1.95. The van der Waals surface area contributed by atoms with E-state index in [1.54, 1.807) is 23.8 Å². The zero-order valence-corrected chi connectivity index (χ0v) is 20.1. The lowest BCUT2D eigenvalue weighted by atomic mass is 9.97. The fraction of sp³-hybridized carbons (Fsp3) is 0.600. The second kappa shape index (κ2) is 10.8. The quantitative estimate of drug-likeness (QED) is 0.587. The SMILES string of the molecule is CCOC(=O)C1CCN(C(=O)CN(C)C(=O)C2CC(=O)N(c3cccc(C(C)C)c3)C2)CC1. The van der Waals surface area contributed by atoms with Gasteiger partial charge in [0.1, 0.15) is 0 Å². The highest BCUT2D eigenvalue weighted by Crippen LogP contribution is 2.28. The number of piperidine rings is 1. The first-order valence-electron chi connectivity index (χ1n) is 11.8. The van der Waals surface area contributed by atoms with Crippen LogP contribution in [0.4, 0.5) is 5.69 Å². The lowest BCUT2D eigenvalue weighted by Gasteiger charge is -2.32. The number of likely N-dealkylation sites (tertiary alicyclic amines) is 1. The molecule has 3 rings (SSSR count). The van der Waals surface area contributed by atoms with Crippen molar-refractivity contribution in [1.82, 2.24) is 9.80 Å². The van der Waals surface area contributed by atoms with Crippen molar-refractivity contribution in [1.29, 1.82) is 0 Å². The van der Waals surface area contributed by atoms with E-state index in [-0.39, 0.29) is 42.6 Å². The number of hydrogen-bond acceptors (Lipinski definition) is 5. The Kier molecular flexibility index (Phi) is 8.10. The molecule has 1 aromatic rings. The van der Waals surface area contributed by atoms with E-state index in [1.165, 1.54) is 4.90 Å². The predicted molar refractivity (Wildman–Crippen MR) is 125 cm³/mol. The summed E-state index contributed by atoms with van der Waals surface area (Å²) in [6, 6.07) is 7.86. The highest BCUT2D eigenvalue weighted by atomic mass is 16.5. The van der Waals surface area contributed by atoms with Gasteiger partial charge < -0.3 is 19.4 Å². The highest BCUT2D eigenvalue weighted by Gasteiger charge is 2.37. The maximum Gasteiger partial charge on any atom is 0.309 e. The van der Waals surface area contributed by atoms with Gasteiger partial charge >= 0.3 is 5.97 Å². The van der Waals surface area contributed by atoms with Crippen molar-refractivity contribution in [3.63, 3.8) is 0 Å². The van der Waals surface area contributed by atoms with Crippen molar-refractivity contribution in [2.75, 3.05) is 44.7 Å². The first-order valence-corrected chi connectivity index (χ1v) is 11.8. The number of anilines is 1. The maximum absolute atomic E-state index is 13.0. The molecular weight excluding hydrogens is 422 g/mol. The van der Waals surface area contributed by atoms with E-state index < -0.39 is 5.92 Å². The topological polar surface area (TPSA) is 87.2 Å². The number of carbonyl (C=O) groups is 4. The van der Waals surface area contributed by atoms with Gasteiger partial charge in [-0.3, -0.25) is 19.2 Å². The first-order chi connectivity index (χ1) is 15.7. The van der Waals surface area contributed by atoms with Crippen LogP contribution in [0, 0.1) is 11.8 Å². The second-order valence-corrected chi connectivity index (χ2v) is 9.26. The van der Waals surface area contributed by atoms with Crippen molar-refractivity contribution < 1.29 is 23.9 Å². The zero-order chi connectivity index (χ0) is 24.1. The summed E-state index contributed by atoms with van der Waals surface area (Å²) in [7, 11) is 1.61. The molecule has 3 amide bonds. The smallest absolute Gasteiger partial charge is 0.309 e. The molecule has 1 atom stereocenters. The summed E-state index contributed by atoms with van der Waals surface area (Å²) in [5.74, 6) is -0.897. The van der Waals surface area contributed by atoms with Gasteiger partial charge in [0.15, 0.2) is 0 Å². The van der Waals surface area contributed by atoms with Crippen LogP contribution in [0.1, 0.15) is 51.5 Å². The Morgan fingerprint density at radius 1 is 1.15 bits per heavy atom. The van der Waals surface area contributed by atoms with E-state index in [2.05, 4.69) is 13.8 Å². The standard InChI is InChI=1S/C25H35N3O5/c1-5-33-25(32)18-9-11-27(12-10-18)23(30)16-26(4)24(31)20-14-22(29)28(15-20)21-8-6-7-19(13-21)17(2)3/h6-8,13,17-18,20H,5,9-12,14-16H2,1-4H3. The number of hydrogen-bond donors (Lipinski definition) is 0. The molecule has 2 aliphatic heterocycles. The minimum Gasteiger partial charge on any atom is -0.466 e. The number of benzene rings is 1. The van der Waals surface area contributed by atoms with Crippen molar-refractivity contribution in [3.8, 4) is 0 Å². The molecule has 0 aromatic heterocycles. The normalized spacial score (nSPS) is 19.2. The summed E-state index contributed by atoms with van der Waals surface area (Å²) in [5, 5.41) is 0. The minimum absolute atomic E-state index is 0.0313. The average molecular weight is 458 g/mol. The molecule has 180 valence electrons. The molecule has 33 heavy (non-hydrogen) atoms. The summed E-state index contributed by atoms with van der Waals surface area (Å²) in [4.78, 5) is 55.0. The highest BCUT2D eigenvalue weighted by molar-refractivity contribution is 6.00. The monoisotopic (exact) mass is 457 g/mol. The van der Waals surface area contributed by atoms with Crippen LogP contribution in [0.5, 0.6) is 0 Å². The molecule has 0 bridgehead atoms. The third-order valence-corrected chi connectivity index (χ3v) is 6.54. The van der Waals surface area contributed by atoms with Crippen LogP contribution in [0.3, 0.4) is 0 Å². The third-order valence-electron chi connectivity index (χ3n) is 6.54. The van der Waals surface area contributed by atoms with Gasteiger partial charge in [-0.05, 0) is 43.4 Å². The molecule has 8 heteroatoms. The van der Waals surface area contributed by atoms with Gasteiger partial charge in [-0.2, -0.15) is 0 Å². The van der Waals surface area contributed by atoms with Crippen LogP contribution in [-0.4, -0.2) is 73.3 Å². The Morgan fingerprint density at radius 2 is 1.85 bits per heavy atom. The molecular formula is C25H35N3O5. The van der Waals surface area contributed by atoms with Gasteiger partial charge in [0.2, 0.25) is 17.7 Å². The Balaban J connectivity index is 1.53. The molecule has 8 nitrogen and oxygen atoms in total. The summed E-state index contributed by atoms with van der Waals surface area (Å²) in [6.07, 6.45) is 1.29. The van der Waals surface area contributed by atoms with Gasteiger partial charge in [0.25, 0.3) is 0 Å². The van der Waals surface area contributed by atoms with Crippen molar-refractivity contribution >= 4 is 29.4 Å². The van der Waals surface area contributed by atoms with E-state index in [4.69, 9.17) is 4.74 Å².